The quantitative estimate of drug-likeness (QED) is 0.870. The SMILES string of the molecule is O=C1CCCC1CCS(=O)(=O)c1ccc2ccccc2c1. The minimum atomic E-state index is -3.31. The van der Waals surface area contributed by atoms with Crippen molar-refractivity contribution in [3.8, 4) is 0 Å². The Bertz CT molecular complexity index is 777. The van der Waals surface area contributed by atoms with Crippen molar-refractivity contribution < 1.29 is 13.2 Å². The predicted molar refractivity (Wildman–Crippen MR) is 83.0 cm³/mol. The maximum absolute atomic E-state index is 12.4. The lowest BCUT2D eigenvalue weighted by atomic mass is 10.1. The van der Waals surface area contributed by atoms with Gasteiger partial charge in [0.25, 0.3) is 0 Å². The fourth-order valence-corrected chi connectivity index (χ4v) is 4.38. The minimum Gasteiger partial charge on any atom is -0.299 e. The van der Waals surface area contributed by atoms with Crippen LogP contribution in [0, 0.1) is 5.92 Å². The third-order valence-electron chi connectivity index (χ3n) is 4.25. The van der Waals surface area contributed by atoms with E-state index >= 15 is 0 Å². The van der Waals surface area contributed by atoms with Gasteiger partial charge in [-0.2, -0.15) is 0 Å². The lowest BCUT2D eigenvalue weighted by molar-refractivity contribution is -0.120. The van der Waals surface area contributed by atoms with Crippen LogP contribution in [0.15, 0.2) is 47.4 Å². The summed E-state index contributed by atoms with van der Waals surface area (Å²) in [5.41, 5.74) is 0. The molecule has 1 fully saturated rings. The highest BCUT2D eigenvalue weighted by atomic mass is 32.2. The van der Waals surface area contributed by atoms with Crippen LogP contribution in [0.3, 0.4) is 0 Å². The molecule has 21 heavy (non-hydrogen) atoms. The van der Waals surface area contributed by atoms with Gasteiger partial charge in [-0.3, -0.25) is 4.79 Å². The number of ketones is 1. The summed E-state index contributed by atoms with van der Waals surface area (Å²) in [5.74, 6) is 0.228. The van der Waals surface area contributed by atoms with Gasteiger partial charge < -0.3 is 0 Å². The Morgan fingerprint density at radius 3 is 2.52 bits per heavy atom. The van der Waals surface area contributed by atoms with Gasteiger partial charge in [0.1, 0.15) is 5.78 Å². The topological polar surface area (TPSA) is 51.2 Å². The molecule has 1 aliphatic rings. The van der Waals surface area contributed by atoms with Crippen molar-refractivity contribution in [1.82, 2.24) is 0 Å². The maximum Gasteiger partial charge on any atom is 0.178 e. The summed E-state index contributed by atoms with van der Waals surface area (Å²) in [6.07, 6.45) is 2.81. The first-order valence-electron chi connectivity index (χ1n) is 7.30. The molecule has 2 aromatic rings. The number of hydrogen-bond donors (Lipinski definition) is 0. The smallest absolute Gasteiger partial charge is 0.178 e. The molecular weight excluding hydrogens is 284 g/mol. The van der Waals surface area contributed by atoms with Gasteiger partial charge in [-0.1, -0.05) is 30.3 Å². The van der Waals surface area contributed by atoms with Crippen molar-refractivity contribution in [2.45, 2.75) is 30.6 Å². The summed E-state index contributed by atoms with van der Waals surface area (Å²) in [7, 11) is -3.31. The van der Waals surface area contributed by atoms with Gasteiger partial charge in [-0.25, -0.2) is 8.42 Å². The van der Waals surface area contributed by atoms with Gasteiger partial charge in [0.05, 0.1) is 10.6 Å². The second-order valence-corrected chi connectivity index (χ2v) is 7.78. The second-order valence-electron chi connectivity index (χ2n) is 5.67. The molecular formula is C17H18O3S. The number of Topliss-reactive ketones (excluding diaryl/α,β-unsaturated/α-hetero) is 1. The largest absolute Gasteiger partial charge is 0.299 e. The van der Waals surface area contributed by atoms with E-state index in [0.29, 0.717) is 17.7 Å². The Labute approximate surface area is 124 Å². The van der Waals surface area contributed by atoms with E-state index < -0.39 is 9.84 Å². The average molecular weight is 302 g/mol. The first-order chi connectivity index (χ1) is 10.1. The zero-order chi connectivity index (χ0) is 14.9. The molecule has 1 saturated carbocycles. The molecule has 2 aromatic carbocycles. The standard InChI is InChI=1S/C17H18O3S/c18-17-7-3-6-14(17)10-11-21(19,20)16-9-8-13-4-1-2-5-15(13)12-16/h1-2,4-5,8-9,12,14H,3,6-7,10-11H2. The Morgan fingerprint density at radius 2 is 1.81 bits per heavy atom. The molecule has 110 valence electrons. The Hall–Kier alpha value is -1.68. The number of rotatable bonds is 4. The van der Waals surface area contributed by atoms with Crippen LogP contribution in [0.2, 0.25) is 0 Å². The molecule has 1 unspecified atom stereocenters. The Morgan fingerprint density at radius 1 is 1.05 bits per heavy atom. The van der Waals surface area contributed by atoms with Gasteiger partial charge in [-0.05, 0) is 42.2 Å². The van der Waals surface area contributed by atoms with E-state index in [1.54, 1.807) is 12.1 Å². The van der Waals surface area contributed by atoms with E-state index in [4.69, 9.17) is 0 Å². The van der Waals surface area contributed by atoms with Gasteiger partial charge >= 0.3 is 0 Å². The summed E-state index contributed by atoms with van der Waals surface area (Å²) < 4.78 is 24.9. The highest BCUT2D eigenvalue weighted by molar-refractivity contribution is 7.91. The molecule has 0 radical (unpaired) electrons. The van der Waals surface area contributed by atoms with Crippen molar-refractivity contribution in [3.05, 3.63) is 42.5 Å². The summed E-state index contributed by atoms with van der Waals surface area (Å²) >= 11 is 0. The van der Waals surface area contributed by atoms with E-state index in [9.17, 15) is 13.2 Å². The van der Waals surface area contributed by atoms with E-state index in [2.05, 4.69) is 0 Å². The third-order valence-corrected chi connectivity index (χ3v) is 5.99. The van der Waals surface area contributed by atoms with E-state index in [1.807, 2.05) is 30.3 Å². The molecule has 3 rings (SSSR count). The third kappa shape index (κ3) is 3.00. The fourth-order valence-electron chi connectivity index (χ4n) is 2.97. The predicted octanol–water partition coefficient (Wildman–Crippen LogP) is 3.37. The molecule has 0 amide bonds. The molecule has 0 saturated heterocycles. The Kier molecular flexibility index (Phi) is 3.81. The van der Waals surface area contributed by atoms with Gasteiger partial charge in [0, 0.05) is 12.3 Å². The van der Waals surface area contributed by atoms with Crippen molar-refractivity contribution in [1.29, 1.82) is 0 Å². The molecule has 0 aliphatic heterocycles. The Balaban J connectivity index is 1.81. The number of sulfone groups is 1. The minimum absolute atomic E-state index is 0.0553. The van der Waals surface area contributed by atoms with Crippen LogP contribution in [0.4, 0.5) is 0 Å². The zero-order valence-corrected chi connectivity index (χ0v) is 12.6. The van der Waals surface area contributed by atoms with Crippen molar-refractivity contribution in [3.63, 3.8) is 0 Å². The number of fused-ring (bicyclic) bond motifs is 1. The van der Waals surface area contributed by atoms with E-state index in [1.165, 1.54) is 0 Å². The molecule has 0 spiro atoms. The fraction of sp³-hybridized carbons (Fsp3) is 0.353. The average Bonchev–Trinajstić information content (AvgIpc) is 2.90. The van der Waals surface area contributed by atoms with Crippen molar-refractivity contribution in [2.24, 2.45) is 5.92 Å². The van der Waals surface area contributed by atoms with Crippen LogP contribution in [-0.4, -0.2) is 20.0 Å². The number of hydrogen-bond acceptors (Lipinski definition) is 3. The van der Waals surface area contributed by atoms with Crippen LogP contribution in [0.25, 0.3) is 10.8 Å². The highest BCUT2D eigenvalue weighted by Gasteiger charge is 2.26. The monoisotopic (exact) mass is 302 g/mol. The molecule has 4 heteroatoms. The van der Waals surface area contributed by atoms with Gasteiger partial charge in [-0.15, -0.1) is 0 Å². The van der Waals surface area contributed by atoms with E-state index in [0.717, 1.165) is 23.6 Å². The first kappa shape index (κ1) is 14.3. The zero-order valence-electron chi connectivity index (χ0n) is 11.8. The lowest BCUT2D eigenvalue weighted by Crippen LogP contribution is -2.14. The first-order valence-corrected chi connectivity index (χ1v) is 8.96. The van der Waals surface area contributed by atoms with Crippen LogP contribution in [0.5, 0.6) is 0 Å². The molecule has 0 heterocycles. The number of carbonyl (C=O) groups is 1. The molecule has 0 aromatic heterocycles. The molecule has 1 atom stereocenters. The second kappa shape index (κ2) is 5.60. The molecule has 3 nitrogen and oxygen atoms in total. The van der Waals surface area contributed by atoms with Crippen molar-refractivity contribution in [2.75, 3.05) is 5.75 Å². The summed E-state index contributed by atoms with van der Waals surface area (Å²) in [6.45, 7) is 0. The van der Waals surface area contributed by atoms with Crippen LogP contribution >= 0.6 is 0 Å². The summed E-state index contributed by atoms with van der Waals surface area (Å²) in [6, 6.07) is 12.9. The maximum atomic E-state index is 12.4. The van der Waals surface area contributed by atoms with Crippen molar-refractivity contribution >= 4 is 26.4 Å². The van der Waals surface area contributed by atoms with Gasteiger partial charge in [0.15, 0.2) is 9.84 Å². The molecule has 1 aliphatic carbocycles. The summed E-state index contributed by atoms with van der Waals surface area (Å²) in [5, 5.41) is 1.96. The van der Waals surface area contributed by atoms with Gasteiger partial charge in [0.2, 0.25) is 0 Å². The number of carbonyl (C=O) groups excluding carboxylic acids is 1. The summed E-state index contributed by atoms with van der Waals surface area (Å²) in [4.78, 5) is 12.0. The lowest BCUT2D eigenvalue weighted by Gasteiger charge is -2.09. The van der Waals surface area contributed by atoms with E-state index in [-0.39, 0.29) is 17.5 Å². The van der Waals surface area contributed by atoms with Crippen LogP contribution in [-0.2, 0) is 14.6 Å². The normalized spacial score (nSPS) is 19.2. The van der Waals surface area contributed by atoms with Crippen LogP contribution in [0.1, 0.15) is 25.7 Å². The molecule has 0 N–H and O–H groups in total. The number of benzene rings is 2. The highest BCUT2D eigenvalue weighted by Crippen LogP contribution is 2.26. The molecule has 0 bridgehead atoms. The van der Waals surface area contributed by atoms with Crippen LogP contribution < -0.4 is 0 Å².